The second-order valence-electron chi connectivity index (χ2n) is 5.28. The number of nitrogens with two attached hydrogens (primary N) is 1. The molecule has 0 heterocycles. The molecule has 1 aromatic rings. The average molecular weight is 280 g/mol. The lowest BCUT2D eigenvalue weighted by molar-refractivity contribution is -0.119. The van der Waals surface area contributed by atoms with Crippen molar-refractivity contribution in [1.82, 2.24) is 4.90 Å². The third kappa shape index (κ3) is 5.93. The summed E-state index contributed by atoms with van der Waals surface area (Å²) in [6.45, 7) is 5.40. The van der Waals surface area contributed by atoms with Gasteiger partial charge in [0.2, 0.25) is 5.91 Å². The molecular weight excluding hydrogens is 259 g/mol. The Balaban J connectivity index is 2.55. The number of carbonyl (C=O) groups is 2. The molecule has 0 saturated carbocycles. The van der Waals surface area contributed by atoms with Crippen LogP contribution in [0.15, 0.2) is 24.3 Å². The molecular formula is C15H21FN2O2. The Morgan fingerprint density at radius 1 is 1.25 bits per heavy atom. The molecule has 0 unspecified atom stereocenters. The molecule has 0 aliphatic carbocycles. The van der Waals surface area contributed by atoms with Crippen LogP contribution >= 0.6 is 0 Å². The van der Waals surface area contributed by atoms with Gasteiger partial charge in [0.05, 0.1) is 6.54 Å². The molecule has 110 valence electrons. The molecule has 1 rings (SSSR count). The molecule has 1 aromatic carbocycles. The molecule has 0 aliphatic heterocycles. The van der Waals surface area contributed by atoms with E-state index in [-0.39, 0.29) is 24.6 Å². The molecule has 0 aliphatic rings. The zero-order valence-corrected chi connectivity index (χ0v) is 11.9. The van der Waals surface area contributed by atoms with Gasteiger partial charge in [-0.1, -0.05) is 13.8 Å². The van der Waals surface area contributed by atoms with Gasteiger partial charge < -0.3 is 5.73 Å². The standard InChI is InChI=1S/C15H21FN2O2/c1-11(2)9-18(10-15(17)20)8-7-14(19)12-3-5-13(16)6-4-12/h3-6,11H,7-10H2,1-2H3,(H2,17,20). The Hall–Kier alpha value is -1.75. The fourth-order valence-electron chi connectivity index (χ4n) is 2.01. The lowest BCUT2D eigenvalue weighted by Crippen LogP contribution is -2.37. The van der Waals surface area contributed by atoms with Crippen molar-refractivity contribution in [1.29, 1.82) is 0 Å². The van der Waals surface area contributed by atoms with E-state index in [1.807, 2.05) is 18.7 Å². The van der Waals surface area contributed by atoms with Crippen LogP contribution in [-0.2, 0) is 4.79 Å². The summed E-state index contributed by atoms with van der Waals surface area (Å²) in [5.74, 6) is -0.449. The Bertz CT molecular complexity index is 457. The third-order valence-corrected chi connectivity index (χ3v) is 2.82. The van der Waals surface area contributed by atoms with Crippen molar-refractivity contribution in [2.75, 3.05) is 19.6 Å². The number of ketones is 1. The van der Waals surface area contributed by atoms with E-state index in [9.17, 15) is 14.0 Å². The number of primary amides is 1. The summed E-state index contributed by atoms with van der Waals surface area (Å²) in [5.41, 5.74) is 5.68. The fraction of sp³-hybridized carbons (Fsp3) is 0.467. The molecule has 5 heteroatoms. The second kappa shape index (κ2) is 7.75. The van der Waals surface area contributed by atoms with Crippen LogP contribution in [0.2, 0.25) is 0 Å². The van der Waals surface area contributed by atoms with E-state index in [2.05, 4.69) is 0 Å². The van der Waals surface area contributed by atoms with Crippen LogP contribution in [0, 0.1) is 11.7 Å². The Kier molecular flexibility index (Phi) is 6.31. The summed E-state index contributed by atoms with van der Waals surface area (Å²) in [4.78, 5) is 24.8. The lowest BCUT2D eigenvalue weighted by Gasteiger charge is -2.22. The molecule has 0 saturated heterocycles. The highest BCUT2D eigenvalue weighted by Crippen LogP contribution is 2.07. The minimum Gasteiger partial charge on any atom is -0.369 e. The fourth-order valence-corrected chi connectivity index (χ4v) is 2.01. The van der Waals surface area contributed by atoms with Crippen molar-refractivity contribution in [3.8, 4) is 0 Å². The Labute approximate surface area is 118 Å². The summed E-state index contributed by atoms with van der Waals surface area (Å²) in [7, 11) is 0. The first-order valence-corrected chi connectivity index (χ1v) is 6.68. The first-order chi connectivity index (χ1) is 9.38. The molecule has 4 nitrogen and oxygen atoms in total. The quantitative estimate of drug-likeness (QED) is 0.739. The van der Waals surface area contributed by atoms with Crippen LogP contribution in [0.3, 0.4) is 0 Å². The van der Waals surface area contributed by atoms with Crippen molar-refractivity contribution in [2.45, 2.75) is 20.3 Å². The maximum atomic E-state index is 12.8. The Morgan fingerprint density at radius 2 is 1.85 bits per heavy atom. The van der Waals surface area contributed by atoms with Crippen LogP contribution < -0.4 is 5.73 Å². The highest BCUT2D eigenvalue weighted by Gasteiger charge is 2.13. The first-order valence-electron chi connectivity index (χ1n) is 6.68. The van der Waals surface area contributed by atoms with E-state index in [0.29, 0.717) is 24.6 Å². The number of Topliss-reactive ketones (excluding diaryl/α,β-unsaturated/α-hetero) is 1. The van der Waals surface area contributed by atoms with Crippen LogP contribution in [0.1, 0.15) is 30.6 Å². The van der Waals surface area contributed by atoms with E-state index in [1.165, 1.54) is 24.3 Å². The summed E-state index contributed by atoms with van der Waals surface area (Å²) in [6, 6.07) is 5.47. The summed E-state index contributed by atoms with van der Waals surface area (Å²) in [6.07, 6.45) is 0.283. The van der Waals surface area contributed by atoms with Crippen molar-refractivity contribution in [3.63, 3.8) is 0 Å². The minimum atomic E-state index is -0.403. The number of carbonyl (C=O) groups excluding carboxylic acids is 2. The highest BCUT2D eigenvalue weighted by atomic mass is 19.1. The van der Waals surface area contributed by atoms with Gasteiger partial charge in [-0.2, -0.15) is 0 Å². The predicted octanol–water partition coefficient (Wildman–Crippen LogP) is 1.84. The summed E-state index contributed by atoms with van der Waals surface area (Å²) >= 11 is 0. The van der Waals surface area contributed by atoms with Crippen molar-refractivity contribution < 1.29 is 14.0 Å². The molecule has 0 bridgehead atoms. The number of rotatable bonds is 8. The first kappa shape index (κ1) is 16.3. The van der Waals surface area contributed by atoms with Gasteiger partial charge in [0.1, 0.15) is 5.82 Å². The van der Waals surface area contributed by atoms with Crippen LogP contribution in [0.4, 0.5) is 4.39 Å². The van der Waals surface area contributed by atoms with Crippen molar-refractivity contribution in [3.05, 3.63) is 35.6 Å². The topological polar surface area (TPSA) is 63.4 Å². The molecule has 0 fully saturated rings. The highest BCUT2D eigenvalue weighted by molar-refractivity contribution is 5.96. The normalized spacial score (nSPS) is 11.1. The summed E-state index contributed by atoms with van der Waals surface area (Å²) < 4.78 is 12.8. The van der Waals surface area contributed by atoms with Crippen molar-refractivity contribution >= 4 is 11.7 Å². The maximum Gasteiger partial charge on any atom is 0.231 e. The van der Waals surface area contributed by atoms with Gasteiger partial charge in [0.25, 0.3) is 0 Å². The predicted molar refractivity (Wildman–Crippen MR) is 75.8 cm³/mol. The third-order valence-electron chi connectivity index (χ3n) is 2.82. The molecule has 0 radical (unpaired) electrons. The second-order valence-corrected chi connectivity index (χ2v) is 5.28. The van der Waals surface area contributed by atoms with Gasteiger partial charge in [-0.15, -0.1) is 0 Å². The lowest BCUT2D eigenvalue weighted by atomic mass is 10.1. The number of hydrogen-bond donors (Lipinski definition) is 1. The molecule has 0 spiro atoms. The van der Waals surface area contributed by atoms with Gasteiger partial charge in [-0.05, 0) is 30.2 Å². The molecule has 1 amide bonds. The maximum absolute atomic E-state index is 12.8. The van der Waals surface area contributed by atoms with Gasteiger partial charge in [0, 0.05) is 25.1 Å². The SMILES string of the molecule is CC(C)CN(CCC(=O)c1ccc(F)cc1)CC(N)=O. The monoisotopic (exact) mass is 280 g/mol. The van der Waals surface area contributed by atoms with Crippen LogP contribution in [-0.4, -0.2) is 36.2 Å². The van der Waals surface area contributed by atoms with Gasteiger partial charge in [-0.25, -0.2) is 4.39 Å². The number of nitrogens with zero attached hydrogens (tertiary/aromatic N) is 1. The largest absolute Gasteiger partial charge is 0.369 e. The zero-order valence-electron chi connectivity index (χ0n) is 11.9. The van der Waals surface area contributed by atoms with E-state index in [1.54, 1.807) is 0 Å². The van der Waals surface area contributed by atoms with E-state index >= 15 is 0 Å². The van der Waals surface area contributed by atoms with Gasteiger partial charge >= 0.3 is 0 Å². The van der Waals surface area contributed by atoms with E-state index in [4.69, 9.17) is 5.73 Å². The van der Waals surface area contributed by atoms with E-state index in [0.717, 1.165) is 0 Å². The number of halogens is 1. The van der Waals surface area contributed by atoms with E-state index < -0.39 is 5.91 Å². The van der Waals surface area contributed by atoms with Gasteiger partial charge in [-0.3, -0.25) is 14.5 Å². The van der Waals surface area contributed by atoms with Gasteiger partial charge in [0.15, 0.2) is 5.78 Å². The average Bonchev–Trinajstić information content (AvgIpc) is 2.35. The van der Waals surface area contributed by atoms with Crippen LogP contribution in [0.25, 0.3) is 0 Å². The number of hydrogen-bond acceptors (Lipinski definition) is 3. The smallest absolute Gasteiger partial charge is 0.231 e. The molecule has 0 atom stereocenters. The number of amides is 1. The minimum absolute atomic E-state index is 0.0665. The molecule has 2 N–H and O–H groups in total. The zero-order chi connectivity index (χ0) is 15.1. The summed E-state index contributed by atoms with van der Waals surface area (Å²) in [5, 5.41) is 0. The van der Waals surface area contributed by atoms with Crippen molar-refractivity contribution in [2.24, 2.45) is 11.7 Å². The number of benzene rings is 1. The Morgan fingerprint density at radius 3 is 2.35 bits per heavy atom. The molecule has 0 aromatic heterocycles. The molecule has 20 heavy (non-hydrogen) atoms. The van der Waals surface area contributed by atoms with Crippen LogP contribution in [0.5, 0.6) is 0 Å².